The Bertz CT molecular complexity index is 1110. The lowest BCUT2D eigenvalue weighted by Gasteiger charge is -2.27. The lowest BCUT2D eigenvalue weighted by Crippen LogP contribution is -2.54. The van der Waals surface area contributed by atoms with E-state index < -0.39 is 29.7 Å². The molecule has 44 heavy (non-hydrogen) atoms. The van der Waals surface area contributed by atoms with Crippen molar-refractivity contribution in [2.24, 2.45) is 5.73 Å². The zero-order valence-electron chi connectivity index (χ0n) is 25.4. The van der Waals surface area contributed by atoms with Crippen molar-refractivity contribution < 1.29 is 42.9 Å². The van der Waals surface area contributed by atoms with Crippen molar-refractivity contribution in [3.05, 3.63) is 29.3 Å². The molecule has 13 heteroatoms. The number of carbonyl (C=O) groups excluding carboxylic acids is 5. The summed E-state index contributed by atoms with van der Waals surface area (Å²) in [6.07, 6.45) is 6.97. The number of unbranched alkanes of at least 4 members (excludes halogenated alkanes) is 5. The maximum absolute atomic E-state index is 13.1. The molecule has 4 N–H and O–H groups in total. The summed E-state index contributed by atoms with van der Waals surface area (Å²) >= 11 is 0. The molecule has 1 aromatic rings. The van der Waals surface area contributed by atoms with Crippen molar-refractivity contribution in [1.82, 2.24) is 10.2 Å². The largest absolute Gasteiger partial charge is 0.379 e. The van der Waals surface area contributed by atoms with Crippen LogP contribution in [0.4, 0.5) is 5.69 Å². The smallest absolute Gasteiger partial charge is 0.264 e. The Balaban J connectivity index is 1.19. The van der Waals surface area contributed by atoms with E-state index in [4.69, 9.17) is 24.7 Å². The summed E-state index contributed by atoms with van der Waals surface area (Å²) in [6, 6.07) is 3.56. The SMILES string of the molecule is NCCCCCCOCCOCCOCCOCCCCCC(=O)Nc1cccc2c1C(=O)N(C1CCC(=O)NC1=O)C2=O. The summed E-state index contributed by atoms with van der Waals surface area (Å²) < 4.78 is 22.1. The van der Waals surface area contributed by atoms with Crippen molar-refractivity contribution in [3.63, 3.8) is 0 Å². The highest BCUT2D eigenvalue weighted by atomic mass is 16.6. The van der Waals surface area contributed by atoms with Gasteiger partial charge in [0.05, 0.1) is 56.5 Å². The third kappa shape index (κ3) is 11.4. The Morgan fingerprint density at radius 3 is 2.00 bits per heavy atom. The van der Waals surface area contributed by atoms with Crippen molar-refractivity contribution in [2.75, 3.05) is 64.7 Å². The second kappa shape index (κ2) is 19.9. The van der Waals surface area contributed by atoms with Gasteiger partial charge in [0.1, 0.15) is 6.04 Å². The van der Waals surface area contributed by atoms with Crippen LogP contribution in [0.1, 0.15) is 84.9 Å². The number of nitrogens with zero attached hydrogens (tertiary/aromatic N) is 1. The first-order valence-corrected chi connectivity index (χ1v) is 15.6. The van der Waals surface area contributed by atoms with Gasteiger partial charge in [0.25, 0.3) is 11.8 Å². The first-order valence-electron chi connectivity index (χ1n) is 15.6. The van der Waals surface area contributed by atoms with Crippen LogP contribution < -0.4 is 16.4 Å². The van der Waals surface area contributed by atoms with Crippen molar-refractivity contribution in [3.8, 4) is 0 Å². The van der Waals surface area contributed by atoms with E-state index in [1.54, 1.807) is 12.1 Å². The highest BCUT2D eigenvalue weighted by Crippen LogP contribution is 2.32. The molecular formula is C31H46N4O9. The lowest BCUT2D eigenvalue weighted by atomic mass is 10.0. The highest BCUT2D eigenvalue weighted by Gasteiger charge is 2.45. The molecule has 13 nitrogen and oxygen atoms in total. The van der Waals surface area contributed by atoms with Gasteiger partial charge in [0, 0.05) is 26.1 Å². The minimum absolute atomic E-state index is 0.0372. The first-order chi connectivity index (χ1) is 21.4. The topological polar surface area (TPSA) is 176 Å². The summed E-state index contributed by atoms with van der Waals surface area (Å²) in [4.78, 5) is 63.3. The second-order valence-electron chi connectivity index (χ2n) is 10.7. The van der Waals surface area contributed by atoms with E-state index >= 15 is 0 Å². The molecule has 2 aliphatic rings. The number of hydrogen-bond donors (Lipinski definition) is 3. The van der Waals surface area contributed by atoms with Crippen molar-refractivity contribution in [2.45, 2.75) is 70.3 Å². The molecule has 5 amide bonds. The molecule has 244 valence electrons. The molecule has 3 rings (SSSR count). The zero-order chi connectivity index (χ0) is 31.6. The normalized spacial score (nSPS) is 16.4. The number of fused-ring (bicyclic) bond motifs is 1. The third-order valence-corrected chi connectivity index (χ3v) is 7.29. The fourth-order valence-corrected chi connectivity index (χ4v) is 4.96. The van der Waals surface area contributed by atoms with Crippen LogP contribution >= 0.6 is 0 Å². The molecule has 0 saturated carbocycles. The number of carbonyl (C=O) groups is 5. The van der Waals surface area contributed by atoms with Gasteiger partial charge in [-0.2, -0.15) is 0 Å². The predicted molar refractivity (Wildman–Crippen MR) is 161 cm³/mol. The number of amides is 5. The molecule has 2 heterocycles. The highest BCUT2D eigenvalue weighted by molar-refractivity contribution is 6.26. The molecule has 0 radical (unpaired) electrons. The first kappa shape index (κ1) is 35.3. The van der Waals surface area contributed by atoms with E-state index in [1.807, 2.05) is 0 Å². The fraction of sp³-hybridized carbons (Fsp3) is 0.645. The number of ether oxygens (including phenoxy) is 4. The Kier molecular flexibility index (Phi) is 16.0. The minimum Gasteiger partial charge on any atom is -0.379 e. The Morgan fingerprint density at radius 2 is 1.39 bits per heavy atom. The van der Waals surface area contributed by atoms with Crippen LogP contribution in [0.5, 0.6) is 0 Å². The van der Waals surface area contributed by atoms with Crippen LogP contribution in [0, 0.1) is 0 Å². The van der Waals surface area contributed by atoms with Gasteiger partial charge in [-0.3, -0.25) is 34.2 Å². The molecule has 0 bridgehead atoms. The van der Waals surface area contributed by atoms with Gasteiger partial charge in [-0.05, 0) is 50.8 Å². The summed E-state index contributed by atoms with van der Waals surface area (Å²) in [5.74, 6) is -2.67. The molecular weight excluding hydrogens is 572 g/mol. The van der Waals surface area contributed by atoms with E-state index in [1.165, 1.54) is 6.07 Å². The van der Waals surface area contributed by atoms with Crippen LogP contribution in [-0.2, 0) is 33.3 Å². The van der Waals surface area contributed by atoms with Gasteiger partial charge in [-0.15, -0.1) is 0 Å². The van der Waals surface area contributed by atoms with E-state index in [9.17, 15) is 24.0 Å². The standard InChI is InChI=1S/C31H46N4O9/c32-14-5-1-2-6-15-41-17-19-43-21-22-44-20-18-42-16-7-3-4-11-26(36)33-24-10-8-9-23-28(24)31(40)35(30(23)39)25-12-13-27(37)34-29(25)38/h8-10,25H,1-7,11-22,32H2,(H,33,36)(H,34,37,38). The van der Waals surface area contributed by atoms with Crippen molar-refractivity contribution >= 4 is 35.2 Å². The van der Waals surface area contributed by atoms with Gasteiger partial charge >= 0.3 is 0 Å². The molecule has 0 aromatic heterocycles. The maximum atomic E-state index is 13.1. The van der Waals surface area contributed by atoms with Crippen LogP contribution in [0.3, 0.4) is 0 Å². The number of anilines is 1. The summed E-state index contributed by atoms with van der Waals surface area (Å²) in [5, 5.41) is 4.90. The van der Waals surface area contributed by atoms with E-state index in [2.05, 4.69) is 10.6 Å². The van der Waals surface area contributed by atoms with Crippen LogP contribution in [0.15, 0.2) is 18.2 Å². The molecule has 0 spiro atoms. The molecule has 1 unspecified atom stereocenters. The molecule has 0 aliphatic carbocycles. The number of nitrogens with one attached hydrogen (secondary N) is 2. The van der Waals surface area contributed by atoms with Gasteiger partial charge in [-0.1, -0.05) is 25.3 Å². The van der Waals surface area contributed by atoms with Gasteiger partial charge in [0.15, 0.2) is 0 Å². The Labute approximate surface area is 258 Å². The van der Waals surface area contributed by atoms with Gasteiger partial charge < -0.3 is 30.0 Å². The van der Waals surface area contributed by atoms with E-state index in [0.717, 1.165) is 56.6 Å². The summed E-state index contributed by atoms with van der Waals surface area (Å²) in [5.41, 5.74) is 5.88. The van der Waals surface area contributed by atoms with Crippen LogP contribution in [-0.4, -0.2) is 99.9 Å². The number of nitrogens with two attached hydrogens (primary N) is 1. The quantitative estimate of drug-likeness (QED) is 0.122. The average Bonchev–Trinajstić information content (AvgIpc) is 3.26. The number of piperidine rings is 1. The molecule has 1 fully saturated rings. The number of benzene rings is 1. The monoisotopic (exact) mass is 618 g/mol. The minimum atomic E-state index is -1.06. The molecule has 1 atom stereocenters. The van der Waals surface area contributed by atoms with Gasteiger partial charge in [0.2, 0.25) is 17.7 Å². The van der Waals surface area contributed by atoms with E-state index in [-0.39, 0.29) is 42.0 Å². The number of rotatable bonds is 23. The predicted octanol–water partition coefficient (Wildman–Crippen LogP) is 2.17. The zero-order valence-corrected chi connectivity index (χ0v) is 25.4. The number of hydrogen-bond acceptors (Lipinski definition) is 10. The maximum Gasteiger partial charge on any atom is 0.264 e. The Hall–Kier alpha value is -3.23. The van der Waals surface area contributed by atoms with Crippen LogP contribution in [0.2, 0.25) is 0 Å². The van der Waals surface area contributed by atoms with Gasteiger partial charge in [-0.25, -0.2) is 0 Å². The fourth-order valence-electron chi connectivity index (χ4n) is 4.96. The van der Waals surface area contributed by atoms with E-state index in [0.29, 0.717) is 52.7 Å². The Morgan fingerprint density at radius 1 is 0.795 bits per heavy atom. The third-order valence-electron chi connectivity index (χ3n) is 7.29. The van der Waals surface area contributed by atoms with Crippen molar-refractivity contribution in [1.29, 1.82) is 0 Å². The molecule has 1 aromatic carbocycles. The molecule has 1 saturated heterocycles. The lowest BCUT2D eigenvalue weighted by molar-refractivity contribution is -0.136. The average molecular weight is 619 g/mol. The summed E-state index contributed by atoms with van der Waals surface area (Å²) in [6.45, 7) is 5.17. The van der Waals surface area contributed by atoms with Crippen LogP contribution in [0.25, 0.3) is 0 Å². The molecule has 2 aliphatic heterocycles. The summed E-state index contributed by atoms with van der Waals surface area (Å²) in [7, 11) is 0. The second-order valence-corrected chi connectivity index (χ2v) is 10.7. The number of imide groups is 2.